The molecule has 9 heteroatoms. The van der Waals surface area contributed by atoms with Gasteiger partial charge in [0.25, 0.3) is 5.91 Å². The molecule has 9 nitrogen and oxygen atoms in total. The fraction of sp³-hybridized carbons (Fsp3) is 0.318. The first-order valence-corrected chi connectivity index (χ1v) is 10.4. The van der Waals surface area contributed by atoms with E-state index >= 15 is 0 Å². The molecule has 2 fully saturated rings. The third kappa shape index (κ3) is 3.52. The van der Waals surface area contributed by atoms with Crippen LogP contribution in [0.25, 0.3) is 5.69 Å². The molecule has 1 aromatic carbocycles. The fourth-order valence-corrected chi connectivity index (χ4v) is 4.68. The second kappa shape index (κ2) is 7.82. The predicted molar refractivity (Wildman–Crippen MR) is 114 cm³/mol. The van der Waals surface area contributed by atoms with Crippen LogP contribution in [0.3, 0.4) is 0 Å². The summed E-state index contributed by atoms with van der Waals surface area (Å²) >= 11 is 0. The van der Waals surface area contributed by atoms with Gasteiger partial charge in [-0.15, -0.1) is 0 Å². The Kier molecular flexibility index (Phi) is 4.85. The van der Waals surface area contributed by atoms with Gasteiger partial charge in [0.15, 0.2) is 0 Å². The highest BCUT2D eigenvalue weighted by Gasteiger charge is 2.40. The van der Waals surface area contributed by atoms with E-state index in [2.05, 4.69) is 20.1 Å². The third-order valence-electron chi connectivity index (χ3n) is 6.24. The molecule has 0 aliphatic carbocycles. The zero-order valence-electron chi connectivity index (χ0n) is 17.0. The maximum absolute atomic E-state index is 13.5. The molecule has 2 saturated heterocycles. The van der Waals surface area contributed by atoms with E-state index in [9.17, 15) is 9.59 Å². The van der Waals surface area contributed by atoms with Crippen molar-refractivity contribution in [1.29, 1.82) is 0 Å². The van der Waals surface area contributed by atoms with Gasteiger partial charge in [-0.3, -0.25) is 9.59 Å². The predicted octanol–water partition coefficient (Wildman–Crippen LogP) is 1.50. The van der Waals surface area contributed by atoms with E-state index in [1.54, 1.807) is 30.7 Å². The van der Waals surface area contributed by atoms with Gasteiger partial charge in [-0.1, -0.05) is 12.1 Å². The molecule has 2 amide bonds. The summed E-state index contributed by atoms with van der Waals surface area (Å²) in [5.74, 6) is 0.728. The Morgan fingerprint density at radius 1 is 1.00 bits per heavy atom. The van der Waals surface area contributed by atoms with Crippen molar-refractivity contribution in [3.8, 4) is 5.69 Å². The molecule has 2 N–H and O–H groups in total. The van der Waals surface area contributed by atoms with Crippen LogP contribution >= 0.6 is 0 Å². The van der Waals surface area contributed by atoms with E-state index in [0.29, 0.717) is 35.8 Å². The Balaban J connectivity index is 1.40. The first kappa shape index (κ1) is 19.2. The number of carbonyl (C=O) groups is 2. The van der Waals surface area contributed by atoms with E-state index < -0.39 is 5.91 Å². The molecule has 2 aromatic heterocycles. The van der Waals surface area contributed by atoms with Gasteiger partial charge in [0, 0.05) is 31.4 Å². The molecular formula is C22H23N7O2. The zero-order valence-corrected chi connectivity index (χ0v) is 17.0. The zero-order chi connectivity index (χ0) is 21.4. The minimum Gasteiger partial charge on any atom is -0.366 e. The van der Waals surface area contributed by atoms with Crippen molar-refractivity contribution in [1.82, 2.24) is 24.9 Å². The summed E-state index contributed by atoms with van der Waals surface area (Å²) in [6.45, 7) is 2.16. The molecule has 2 atom stereocenters. The molecule has 2 aliphatic rings. The van der Waals surface area contributed by atoms with Crippen molar-refractivity contribution in [2.24, 2.45) is 11.7 Å². The summed E-state index contributed by atoms with van der Waals surface area (Å²) in [4.78, 5) is 35.1. The minimum atomic E-state index is -0.469. The van der Waals surface area contributed by atoms with E-state index in [-0.39, 0.29) is 11.9 Å². The number of nitrogens with two attached hydrogens (primary N) is 1. The van der Waals surface area contributed by atoms with Crippen LogP contribution in [0, 0.1) is 5.92 Å². The monoisotopic (exact) mass is 417 g/mol. The van der Waals surface area contributed by atoms with Crippen molar-refractivity contribution in [2.75, 3.05) is 24.5 Å². The van der Waals surface area contributed by atoms with Crippen LogP contribution in [0.1, 0.15) is 33.6 Å². The van der Waals surface area contributed by atoms with Crippen LogP contribution in [-0.4, -0.2) is 62.4 Å². The Morgan fingerprint density at radius 3 is 2.58 bits per heavy atom. The Bertz CT molecular complexity index is 1110. The van der Waals surface area contributed by atoms with Gasteiger partial charge in [-0.25, -0.2) is 4.98 Å². The molecule has 31 heavy (non-hydrogen) atoms. The highest BCUT2D eigenvalue weighted by molar-refractivity contribution is 5.98. The lowest BCUT2D eigenvalue weighted by atomic mass is 9.91. The van der Waals surface area contributed by atoms with E-state index in [1.807, 2.05) is 29.2 Å². The van der Waals surface area contributed by atoms with Crippen LogP contribution < -0.4 is 10.6 Å². The smallest absolute Gasteiger partial charge is 0.256 e. The number of amides is 2. The lowest BCUT2D eigenvalue weighted by molar-refractivity contribution is 0.0678. The number of primary amides is 1. The summed E-state index contributed by atoms with van der Waals surface area (Å²) in [5, 5.41) is 8.37. The third-order valence-corrected chi connectivity index (χ3v) is 6.24. The quantitative estimate of drug-likeness (QED) is 0.689. The van der Waals surface area contributed by atoms with Gasteiger partial charge in [0.2, 0.25) is 5.91 Å². The summed E-state index contributed by atoms with van der Waals surface area (Å²) in [6, 6.07) is 10.9. The van der Waals surface area contributed by atoms with E-state index in [1.165, 1.54) is 4.80 Å². The van der Waals surface area contributed by atoms with Gasteiger partial charge in [-0.05, 0) is 43.0 Å². The molecule has 0 saturated carbocycles. The number of anilines is 1. The van der Waals surface area contributed by atoms with Crippen molar-refractivity contribution < 1.29 is 9.59 Å². The topological polar surface area (TPSA) is 110 Å². The van der Waals surface area contributed by atoms with Crippen LogP contribution in [0.4, 0.5) is 5.82 Å². The van der Waals surface area contributed by atoms with Crippen molar-refractivity contribution in [3.63, 3.8) is 0 Å². The van der Waals surface area contributed by atoms with Gasteiger partial charge in [0.1, 0.15) is 5.82 Å². The maximum atomic E-state index is 13.5. The number of para-hydroxylation sites is 1. The van der Waals surface area contributed by atoms with E-state index in [4.69, 9.17) is 5.73 Å². The number of carbonyl (C=O) groups excluding carboxylic acids is 2. The number of pyridine rings is 1. The maximum Gasteiger partial charge on any atom is 0.256 e. The number of fused-ring (bicyclic) bond motifs is 1. The first-order chi connectivity index (χ1) is 15.1. The molecular weight excluding hydrogens is 394 g/mol. The van der Waals surface area contributed by atoms with Gasteiger partial charge >= 0.3 is 0 Å². The molecule has 158 valence electrons. The average Bonchev–Trinajstić information content (AvgIpc) is 3.48. The number of benzene rings is 1. The summed E-state index contributed by atoms with van der Waals surface area (Å²) < 4.78 is 0. The summed E-state index contributed by atoms with van der Waals surface area (Å²) in [7, 11) is 0. The summed E-state index contributed by atoms with van der Waals surface area (Å²) in [5.41, 5.74) is 7.13. The molecule has 4 heterocycles. The normalized spacial score (nSPS) is 20.5. The standard InChI is InChI=1S/C22H23N7O2/c23-21(30)16-5-8-24-20(13-16)28-12-7-15-6-11-27(14-19(15)28)22(31)17-3-1-2-4-18(17)29-25-9-10-26-29/h1-5,8-10,13,15,19H,6-7,11-12,14H2,(H2,23,30)/t15-,19-/m0/s1. The highest BCUT2D eigenvalue weighted by Crippen LogP contribution is 2.35. The Hall–Kier alpha value is -3.75. The van der Waals surface area contributed by atoms with Gasteiger partial charge in [-0.2, -0.15) is 15.0 Å². The molecule has 5 rings (SSSR count). The van der Waals surface area contributed by atoms with Crippen molar-refractivity contribution in [2.45, 2.75) is 18.9 Å². The Labute approximate surface area is 179 Å². The van der Waals surface area contributed by atoms with Crippen LogP contribution in [0.2, 0.25) is 0 Å². The lowest BCUT2D eigenvalue weighted by Gasteiger charge is -2.39. The van der Waals surface area contributed by atoms with E-state index in [0.717, 1.165) is 25.2 Å². The second-order valence-corrected chi connectivity index (χ2v) is 7.95. The number of hydrogen-bond acceptors (Lipinski definition) is 6. The Morgan fingerprint density at radius 2 is 1.77 bits per heavy atom. The van der Waals surface area contributed by atoms with Crippen molar-refractivity contribution >= 4 is 17.6 Å². The first-order valence-electron chi connectivity index (χ1n) is 10.4. The molecule has 2 aliphatic heterocycles. The number of likely N-dealkylation sites (tertiary alicyclic amines) is 1. The number of aromatic nitrogens is 4. The van der Waals surface area contributed by atoms with Crippen LogP contribution in [0.15, 0.2) is 55.0 Å². The fourth-order valence-electron chi connectivity index (χ4n) is 4.68. The number of rotatable bonds is 4. The highest BCUT2D eigenvalue weighted by atomic mass is 16.2. The van der Waals surface area contributed by atoms with Crippen LogP contribution in [-0.2, 0) is 0 Å². The minimum absolute atomic E-state index is 0.0305. The summed E-state index contributed by atoms with van der Waals surface area (Å²) in [6.07, 6.45) is 6.78. The molecule has 0 radical (unpaired) electrons. The molecule has 0 bridgehead atoms. The van der Waals surface area contributed by atoms with Gasteiger partial charge in [0.05, 0.1) is 29.7 Å². The molecule has 0 spiro atoms. The lowest BCUT2D eigenvalue weighted by Crippen LogP contribution is -2.50. The molecule has 0 unspecified atom stereocenters. The van der Waals surface area contributed by atoms with Crippen LogP contribution in [0.5, 0.6) is 0 Å². The second-order valence-electron chi connectivity index (χ2n) is 7.95. The largest absolute Gasteiger partial charge is 0.366 e. The average molecular weight is 417 g/mol. The number of nitrogens with zero attached hydrogens (tertiary/aromatic N) is 6. The number of piperidine rings is 1. The SMILES string of the molecule is NC(=O)c1ccnc(N2CC[C@@H]3CCN(C(=O)c4ccccc4-n4nccn4)C[C@@H]32)c1. The van der Waals surface area contributed by atoms with Gasteiger partial charge < -0.3 is 15.5 Å². The number of hydrogen-bond donors (Lipinski definition) is 1. The van der Waals surface area contributed by atoms with Crippen molar-refractivity contribution in [3.05, 3.63) is 66.1 Å². The molecule has 3 aromatic rings.